The first-order valence-electron chi connectivity index (χ1n) is 6.35. The SMILES string of the molecule is CC1CNCCC1c1c(F)c(Cl)cc2c(Cl)coc12. The van der Waals surface area contributed by atoms with Gasteiger partial charge in [0.1, 0.15) is 17.7 Å². The van der Waals surface area contributed by atoms with Gasteiger partial charge >= 0.3 is 0 Å². The van der Waals surface area contributed by atoms with E-state index in [-0.39, 0.29) is 16.8 Å². The van der Waals surface area contributed by atoms with Crippen molar-refractivity contribution >= 4 is 34.2 Å². The predicted molar refractivity (Wildman–Crippen MR) is 75.6 cm³/mol. The summed E-state index contributed by atoms with van der Waals surface area (Å²) in [5.41, 5.74) is 1.11. The molecule has 1 aromatic carbocycles. The molecule has 102 valence electrons. The normalized spacial score (nSPS) is 24.0. The van der Waals surface area contributed by atoms with Crippen LogP contribution < -0.4 is 5.32 Å². The van der Waals surface area contributed by atoms with Gasteiger partial charge in [0.25, 0.3) is 0 Å². The molecule has 3 rings (SSSR count). The second kappa shape index (κ2) is 4.97. The third-order valence-electron chi connectivity index (χ3n) is 3.90. The van der Waals surface area contributed by atoms with E-state index in [9.17, 15) is 4.39 Å². The Hall–Kier alpha value is -0.770. The Morgan fingerprint density at radius 2 is 2.16 bits per heavy atom. The molecule has 1 aromatic heterocycles. The number of hydrogen-bond acceptors (Lipinski definition) is 2. The number of piperidine rings is 1. The standard InChI is InChI=1S/C14H14Cl2FNO/c1-7-5-18-3-2-8(7)12-13(17)10(15)4-9-11(16)6-19-14(9)12/h4,6-8,18H,2-3,5H2,1H3. The molecule has 0 saturated carbocycles. The first-order chi connectivity index (χ1) is 9.09. The number of hydrogen-bond donors (Lipinski definition) is 1. The molecule has 0 amide bonds. The molecule has 1 N–H and O–H groups in total. The van der Waals surface area contributed by atoms with E-state index in [0.29, 0.717) is 27.5 Å². The van der Waals surface area contributed by atoms with E-state index in [1.807, 2.05) is 0 Å². The molecule has 5 heteroatoms. The van der Waals surface area contributed by atoms with Gasteiger partial charge in [-0.25, -0.2) is 4.39 Å². The van der Waals surface area contributed by atoms with Crippen molar-refractivity contribution < 1.29 is 8.81 Å². The zero-order valence-corrected chi connectivity index (χ0v) is 12.0. The van der Waals surface area contributed by atoms with Gasteiger partial charge in [-0.05, 0) is 37.4 Å². The highest BCUT2D eigenvalue weighted by Crippen LogP contribution is 2.41. The van der Waals surface area contributed by atoms with E-state index in [0.717, 1.165) is 19.5 Å². The van der Waals surface area contributed by atoms with Crippen LogP contribution in [0.25, 0.3) is 11.0 Å². The van der Waals surface area contributed by atoms with Crippen LogP contribution in [0.5, 0.6) is 0 Å². The number of furan rings is 1. The molecular weight excluding hydrogens is 288 g/mol. The molecule has 1 aliphatic heterocycles. The van der Waals surface area contributed by atoms with E-state index in [2.05, 4.69) is 12.2 Å². The summed E-state index contributed by atoms with van der Waals surface area (Å²) in [4.78, 5) is 0. The Kier molecular flexibility index (Phi) is 3.46. The van der Waals surface area contributed by atoms with Gasteiger partial charge in [-0.1, -0.05) is 30.1 Å². The van der Waals surface area contributed by atoms with Crippen molar-refractivity contribution in [1.29, 1.82) is 0 Å². The van der Waals surface area contributed by atoms with Gasteiger partial charge in [0, 0.05) is 10.9 Å². The van der Waals surface area contributed by atoms with Crippen LogP contribution in [0.4, 0.5) is 4.39 Å². The summed E-state index contributed by atoms with van der Waals surface area (Å²) >= 11 is 12.1. The molecule has 0 radical (unpaired) electrons. The Morgan fingerprint density at radius 3 is 2.89 bits per heavy atom. The van der Waals surface area contributed by atoms with Gasteiger partial charge < -0.3 is 9.73 Å². The molecule has 0 aliphatic carbocycles. The minimum Gasteiger partial charge on any atom is -0.462 e. The molecule has 1 saturated heterocycles. The van der Waals surface area contributed by atoms with E-state index < -0.39 is 0 Å². The summed E-state index contributed by atoms with van der Waals surface area (Å²) in [7, 11) is 0. The maximum absolute atomic E-state index is 14.4. The molecule has 1 aliphatic rings. The zero-order chi connectivity index (χ0) is 13.6. The van der Waals surface area contributed by atoms with Gasteiger partial charge in [0.2, 0.25) is 0 Å². The van der Waals surface area contributed by atoms with Gasteiger partial charge in [-0.3, -0.25) is 0 Å². The zero-order valence-electron chi connectivity index (χ0n) is 10.5. The lowest BCUT2D eigenvalue weighted by Crippen LogP contribution is -2.34. The average molecular weight is 302 g/mol. The van der Waals surface area contributed by atoms with Crippen molar-refractivity contribution in [2.24, 2.45) is 5.92 Å². The molecule has 2 nitrogen and oxygen atoms in total. The number of fused-ring (bicyclic) bond motifs is 1. The van der Waals surface area contributed by atoms with Gasteiger partial charge in [0.15, 0.2) is 0 Å². The van der Waals surface area contributed by atoms with Crippen LogP contribution >= 0.6 is 23.2 Å². The van der Waals surface area contributed by atoms with Crippen LogP contribution in [0.2, 0.25) is 10.0 Å². The minimum atomic E-state index is -0.376. The number of halogens is 3. The fraction of sp³-hybridized carbons (Fsp3) is 0.429. The molecule has 19 heavy (non-hydrogen) atoms. The van der Waals surface area contributed by atoms with Crippen molar-refractivity contribution in [3.63, 3.8) is 0 Å². The second-order valence-corrected chi connectivity index (χ2v) is 5.94. The lowest BCUT2D eigenvalue weighted by atomic mass is 9.81. The topological polar surface area (TPSA) is 25.2 Å². The Bertz CT molecular complexity index is 625. The van der Waals surface area contributed by atoms with Gasteiger partial charge in [-0.15, -0.1) is 0 Å². The quantitative estimate of drug-likeness (QED) is 0.833. The number of nitrogens with one attached hydrogen (secondary N) is 1. The van der Waals surface area contributed by atoms with E-state index in [1.54, 1.807) is 0 Å². The summed E-state index contributed by atoms with van der Waals surface area (Å²) in [6.07, 6.45) is 2.31. The van der Waals surface area contributed by atoms with Crippen LogP contribution in [0.3, 0.4) is 0 Å². The fourth-order valence-electron chi connectivity index (χ4n) is 2.88. The number of benzene rings is 1. The maximum atomic E-state index is 14.4. The molecule has 2 heterocycles. The summed E-state index contributed by atoms with van der Waals surface area (Å²) in [6, 6.07) is 1.54. The lowest BCUT2D eigenvalue weighted by molar-refractivity contribution is 0.341. The maximum Gasteiger partial charge on any atom is 0.149 e. The van der Waals surface area contributed by atoms with E-state index >= 15 is 0 Å². The van der Waals surface area contributed by atoms with Crippen molar-refractivity contribution in [3.05, 3.63) is 33.8 Å². The highest BCUT2D eigenvalue weighted by Gasteiger charge is 2.30. The summed E-state index contributed by atoms with van der Waals surface area (Å²) in [5.74, 6) is 0.0531. The molecule has 2 aromatic rings. The highest BCUT2D eigenvalue weighted by atomic mass is 35.5. The Morgan fingerprint density at radius 1 is 1.37 bits per heavy atom. The minimum absolute atomic E-state index is 0.102. The van der Waals surface area contributed by atoms with Gasteiger partial charge in [-0.2, -0.15) is 0 Å². The first-order valence-corrected chi connectivity index (χ1v) is 7.10. The summed E-state index contributed by atoms with van der Waals surface area (Å²) in [6.45, 7) is 3.84. The van der Waals surface area contributed by atoms with Crippen LogP contribution in [-0.4, -0.2) is 13.1 Å². The van der Waals surface area contributed by atoms with E-state index in [1.165, 1.54) is 12.3 Å². The Labute approximate surface area is 120 Å². The monoisotopic (exact) mass is 301 g/mol. The van der Waals surface area contributed by atoms with Crippen molar-refractivity contribution in [1.82, 2.24) is 5.32 Å². The van der Waals surface area contributed by atoms with Crippen molar-refractivity contribution in [3.8, 4) is 0 Å². The van der Waals surface area contributed by atoms with Crippen LogP contribution in [0.15, 0.2) is 16.7 Å². The molecule has 0 bridgehead atoms. The summed E-state index contributed by atoms with van der Waals surface area (Å²) in [5, 5.41) is 4.58. The first kappa shape index (κ1) is 13.2. The molecule has 0 spiro atoms. The molecule has 2 unspecified atom stereocenters. The lowest BCUT2D eigenvalue weighted by Gasteiger charge is -2.30. The predicted octanol–water partition coefficient (Wildman–Crippen LogP) is 4.59. The smallest absolute Gasteiger partial charge is 0.149 e. The third-order valence-corrected chi connectivity index (χ3v) is 4.47. The van der Waals surface area contributed by atoms with Gasteiger partial charge in [0.05, 0.1) is 10.0 Å². The largest absolute Gasteiger partial charge is 0.462 e. The fourth-order valence-corrected chi connectivity index (χ4v) is 3.28. The average Bonchev–Trinajstić information content (AvgIpc) is 2.74. The van der Waals surface area contributed by atoms with Crippen LogP contribution in [0.1, 0.15) is 24.8 Å². The number of rotatable bonds is 1. The summed E-state index contributed by atoms with van der Waals surface area (Å²) < 4.78 is 19.9. The Balaban J connectivity index is 2.23. The van der Waals surface area contributed by atoms with Crippen LogP contribution in [0, 0.1) is 11.7 Å². The molecular formula is C14H14Cl2FNO. The third kappa shape index (κ3) is 2.14. The van der Waals surface area contributed by atoms with Crippen LogP contribution in [-0.2, 0) is 0 Å². The van der Waals surface area contributed by atoms with Crippen molar-refractivity contribution in [2.45, 2.75) is 19.3 Å². The molecule has 2 atom stereocenters. The van der Waals surface area contributed by atoms with Crippen molar-refractivity contribution in [2.75, 3.05) is 13.1 Å². The molecule has 1 fully saturated rings. The second-order valence-electron chi connectivity index (χ2n) is 5.12. The highest BCUT2D eigenvalue weighted by molar-refractivity contribution is 6.37. The van der Waals surface area contributed by atoms with E-state index in [4.69, 9.17) is 27.6 Å².